The summed E-state index contributed by atoms with van der Waals surface area (Å²) in [5, 5.41) is -0.350. The van der Waals surface area contributed by atoms with Crippen LogP contribution in [0.3, 0.4) is 0 Å². The van der Waals surface area contributed by atoms with E-state index in [2.05, 4.69) is 4.99 Å². The van der Waals surface area contributed by atoms with Crippen molar-refractivity contribution >= 4 is 17.3 Å². The van der Waals surface area contributed by atoms with Gasteiger partial charge in [-0.15, -0.1) is 11.6 Å². The van der Waals surface area contributed by atoms with Crippen molar-refractivity contribution in [3.05, 3.63) is 95.0 Å². The van der Waals surface area contributed by atoms with Crippen LogP contribution in [0.25, 0.3) is 0 Å². The summed E-state index contributed by atoms with van der Waals surface area (Å²) in [6.45, 7) is 1.82. The zero-order chi connectivity index (χ0) is 20.3. The predicted octanol–water partition coefficient (Wildman–Crippen LogP) is 6.69. The number of alkyl halides is 4. The predicted molar refractivity (Wildman–Crippen MR) is 104 cm³/mol. The fourth-order valence-electron chi connectivity index (χ4n) is 3.05. The lowest BCUT2D eigenvalue weighted by Crippen LogP contribution is -2.16. The van der Waals surface area contributed by atoms with Gasteiger partial charge in [0, 0.05) is 17.8 Å². The molecule has 0 fully saturated rings. The number of hydrogen-bond acceptors (Lipinski definition) is 1. The maximum absolute atomic E-state index is 14.0. The molecule has 1 nitrogen and oxygen atoms in total. The van der Waals surface area contributed by atoms with Crippen LogP contribution in [0, 0.1) is 5.82 Å². The first-order chi connectivity index (χ1) is 13.2. The third kappa shape index (κ3) is 4.90. The van der Waals surface area contributed by atoms with Crippen LogP contribution in [-0.4, -0.2) is 11.1 Å². The Morgan fingerprint density at radius 2 is 1.82 bits per heavy atom. The minimum absolute atomic E-state index is 0.221. The van der Waals surface area contributed by atoms with Gasteiger partial charge in [-0.3, -0.25) is 4.99 Å². The molecule has 0 aromatic heterocycles. The van der Waals surface area contributed by atoms with Crippen LogP contribution in [0.15, 0.2) is 77.4 Å². The molecule has 146 valence electrons. The van der Waals surface area contributed by atoms with Gasteiger partial charge in [-0.25, -0.2) is 4.39 Å². The smallest absolute Gasteiger partial charge is 0.261 e. The van der Waals surface area contributed by atoms with Gasteiger partial charge in [-0.1, -0.05) is 36.4 Å². The molecule has 0 bridgehead atoms. The molecule has 28 heavy (non-hydrogen) atoms. The number of halogens is 5. The molecule has 1 aliphatic heterocycles. The molecule has 0 spiro atoms. The summed E-state index contributed by atoms with van der Waals surface area (Å²) in [4.78, 5) is 4.43. The highest BCUT2D eigenvalue weighted by atomic mass is 35.5. The average Bonchev–Trinajstić information content (AvgIpc) is 2.81. The lowest BCUT2D eigenvalue weighted by molar-refractivity contribution is -0.137. The molecule has 0 saturated heterocycles. The van der Waals surface area contributed by atoms with Gasteiger partial charge in [0.05, 0.1) is 10.9 Å². The standard InChI is InChI=1S/C22H18ClF4N/c1-14-13-28-21(8-7-20(14)23)19(9-15-5-3-2-4-6-15)16-10-17(22(25,26)27)12-18(24)11-16/h2-8,10-13,19-20H,9H2,1H3. The highest BCUT2D eigenvalue weighted by molar-refractivity contribution is 6.24. The quantitative estimate of drug-likeness (QED) is 0.395. The summed E-state index contributed by atoms with van der Waals surface area (Å²) in [5.74, 6) is -1.48. The minimum Gasteiger partial charge on any atom is -0.261 e. The Balaban J connectivity index is 2.10. The number of nitrogens with zero attached hydrogens (tertiary/aromatic N) is 1. The molecular formula is C22H18ClF4N. The molecule has 0 aliphatic carbocycles. The molecule has 2 aromatic carbocycles. The third-order valence-electron chi connectivity index (χ3n) is 4.58. The fourth-order valence-corrected chi connectivity index (χ4v) is 3.18. The van der Waals surface area contributed by atoms with Crippen LogP contribution in [0.2, 0.25) is 0 Å². The van der Waals surface area contributed by atoms with E-state index in [0.29, 0.717) is 18.2 Å². The highest BCUT2D eigenvalue weighted by Crippen LogP contribution is 2.34. The molecular weight excluding hydrogens is 390 g/mol. The third-order valence-corrected chi connectivity index (χ3v) is 5.07. The molecule has 1 heterocycles. The minimum atomic E-state index is -4.63. The van der Waals surface area contributed by atoms with E-state index < -0.39 is 23.5 Å². The molecule has 2 aromatic rings. The molecule has 6 heteroatoms. The average molecular weight is 408 g/mol. The van der Waals surface area contributed by atoms with Crippen molar-refractivity contribution in [3.63, 3.8) is 0 Å². The van der Waals surface area contributed by atoms with E-state index in [1.807, 2.05) is 37.3 Å². The molecule has 1 aliphatic rings. The Kier molecular flexibility index (Phi) is 6.04. The summed E-state index contributed by atoms with van der Waals surface area (Å²) in [6.07, 6.45) is 0.796. The molecule has 0 N–H and O–H groups in total. The Morgan fingerprint density at radius 1 is 1.11 bits per heavy atom. The molecule has 0 radical (unpaired) electrons. The summed E-state index contributed by atoms with van der Waals surface area (Å²) in [5.41, 5.74) is 1.47. The van der Waals surface area contributed by atoms with Crippen molar-refractivity contribution in [2.45, 2.75) is 30.8 Å². The van der Waals surface area contributed by atoms with Gasteiger partial charge in [0.2, 0.25) is 0 Å². The summed E-state index contributed by atoms with van der Waals surface area (Å²) < 4.78 is 53.7. The first-order valence-electron chi connectivity index (χ1n) is 8.72. The van der Waals surface area contributed by atoms with Crippen LogP contribution in [0.4, 0.5) is 17.6 Å². The van der Waals surface area contributed by atoms with Crippen molar-refractivity contribution in [3.8, 4) is 0 Å². The zero-order valence-electron chi connectivity index (χ0n) is 15.0. The lowest BCUT2D eigenvalue weighted by atomic mass is 9.86. The van der Waals surface area contributed by atoms with Crippen molar-refractivity contribution in [2.24, 2.45) is 4.99 Å². The van der Waals surface area contributed by atoms with Gasteiger partial charge in [-0.2, -0.15) is 13.2 Å². The van der Waals surface area contributed by atoms with Gasteiger partial charge >= 0.3 is 6.18 Å². The van der Waals surface area contributed by atoms with Crippen LogP contribution in [0.1, 0.15) is 29.5 Å². The SMILES string of the molecule is CC1=CN=C(C(Cc2ccccc2)c2cc(F)cc(C(F)(F)F)c2)C=CC1Cl. The topological polar surface area (TPSA) is 12.4 Å². The number of benzene rings is 2. The second kappa shape index (κ2) is 8.31. The van der Waals surface area contributed by atoms with E-state index in [4.69, 9.17) is 11.6 Å². The Hall–Kier alpha value is -2.40. The molecule has 3 rings (SSSR count). The van der Waals surface area contributed by atoms with Gasteiger partial charge in [0.15, 0.2) is 0 Å². The van der Waals surface area contributed by atoms with E-state index in [1.54, 1.807) is 18.4 Å². The van der Waals surface area contributed by atoms with Gasteiger partial charge in [0.1, 0.15) is 5.82 Å². The molecule has 0 amide bonds. The van der Waals surface area contributed by atoms with E-state index in [1.165, 1.54) is 0 Å². The van der Waals surface area contributed by atoms with Crippen molar-refractivity contribution in [1.29, 1.82) is 0 Å². The molecule has 0 saturated carbocycles. The summed E-state index contributed by atoms with van der Waals surface area (Å²) in [6, 6.07) is 12.0. The number of allylic oxidation sites excluding steroid dienone is 3. The monoisotopic (exact) mass is 407 g/mol. The van der Waals surface area contributed by atoms with E-state index in [9.17, 15) is 17.6 Å². The Labute approximate surface area is 166 Å². The lowest BCUT2D eigenvalue weighted by Gasteiger charge is -2.20. The van der Waals surface area contributed by atoms with Crippen LogP contribution >= 0.6 is 11.6 Å². The van der Waals surface area contributed by atoms with Crippen molar-refractivity contribution in [2.75, 3.05) is 0 Å². The van der Waals surface area contributed by atoms with Crippen LogP contribution < -0.4 is 0 Å². The zero-order valence-corrected chi connectivity index (χ0v) is 15.8. The number of aliphatic imine (C=N–C) groups is 1. The Bertz CT molecular complexity index is 929. The summed E-state index contributed by atoms with van der Waals surface area (Å²) in [7, 11) is 0. The Morgan fingerprint density at radius 3 is 2.50 bits per heavy atom. The number of hydrogen-bond donors (Lipinski definition) is 0. The van der Waals surface area contributed by atoms with Gasteiger partial charge < -0.3 is 0 Å². The van der Waals surface area contributed by atoms with Gasteiger partial charge in [0.25, 0.3) is 0 Å². The first kappa shape index (κ1) is 20.3. The normalized spacial score (nSPS) is 18.3. The van der Waals surface area contributed by atoms with Crippen LogP contribution in [-0.2, 0) is 12.6 Å². The second-order valence-corrected chi connectivity index (χ2v) is 7.17. The van der Waals surface area contributed by atoms with E-state index in [-0.39, 0.29) is 10.9 Å². The fraction of sp³-hybridized carbons (Fsp3) is 0.227. The summed E-state index contributed by atoms with van der Waals surface area (Å²) >= 11 is 6.22. The number of rotatable bonds is 4. The van der Waals surface area contributed by atoms with Crippen molar-refractivity contribution in [1.82, 2.24) is 0 Å². The van der Waals surface area contributed by atoms with E-state index >= 15 is 0 Å². The maximum atomic E-state index is 14.0. The largest absolute Gasteiger partial charge is 0.416 e. The molecule has 2 atom stereocenters. The van der Waals surface area contributed by atoms with Crippen LogP contribution in [0.5, 0.6) is 0 Å². The van der Waals surface area contributed by atoms with E-state index in [0.717, 1.165) is 23.3 Å². The van der Waals surface area contributed by atoms with Crippen molar-refractivity contribution < 1.29 is 17.6 Å². The second-order valence-electron chi connectivity index (χ2n) is 6.70. The molecule has 2 unspecified atom stereocenters. The first-order valence-corrected chi connectivity index (χ1v) is 9.16. The van der Waals surface area contributed by atoms with Gasteiger partial charge in [-0.05, 0) is 54.3 Å². The maximum Gasteiger partial charge on any atom is 0.416 e. The highest BCUT2D eigenvalue weighted by Gasteiger charge is 2.32.